The molecule has 0 aliphatic heterocycles. The molecule has 0 bridgehead atoms. The van der Waals surface area contributed by atoms with Crippen LogP contribution in [0.3, 0.4) is 0 Å². The van der Waals surface area contributed by atoms with E-state index in [0.717, 1.165) is 5.69 Å². The largest absolute Gasteiger partial charge is 0.384 e. The summed E-state index contributed by atoms with van der Waals surface area (Å²) in [4.78, 5) is 7.56. The Morgan fingerprint density at radius 1 is 1.56 bits per heavy atom. The first-order chi connectivity index (χ1) is 4.33. The van der Waals surface area contributed by atoms with Gasteiger partial charge in [0.05, 0.1) is 5.69 Å². The highest BCUT2D eigenvalue weighted by molar-refractivity contribution is 5.45. The predicted molar refractivity (Wildman–Crippen MR) is 36.5 cm³/mol. The molecule has 0 aromatic carbocycles. The van der Waals surface area contributed by atoms with Crippen molar-refractivity contribution in [1.29, 1.82) is 0 Å². The van der Waals surface area contributed by atoms with Crippen LogP contribution in [0.5, 0.6) is 0 Å². The molecule has 9 heavy (non-hydrogen) atoms. The number of nitrogens with two attached hydrogens (primary N) is 1. The SMILES string of the molecule is C=Cc1cc(N)ncn1. The summed E-state index contributed by atoms with van der Waals surface area (Å²) in [6.07, 6.45) is 3.03. The van der Waals surface area contributed by atoms with E-state index in [2.05, 4.69) is 16.5 Å². The lowest BCUT2D eigenvalue weighted by Gasteiger charge is -1.90. The Labute approximate surface area is 53.3 Å². The van der Waals surface area contributed by atoms with E-state index >= 15 is 0 Å². The number of hydrogen-bond donors (Lipinski definition) is 1. The Bertz CT molecular complexity index is 219. The van der Waals surface area contributed by atoms with E-state index in [0.29, 0.717) is 5.82 Å². The van der Waals surface area contributed by atoms with E-state index in [-0.39, 0.29) is 0 Å². The van der Waals surface area contributed by atoms with Crippen molar-refractivity contribution in [3.8, 4) is 0 Å². The van der Waals surface area contributed by atoms with Crippen LogP contribution in [0.25, 0.3) is 6.08 Å². The van der Waals surface area contributed by atoms with E-state index in [1.54, 1.807) is 12.1 Å². The molecule has 0 amide bonds. The first-order valence-corrected chi connectivity index (χ1v) is 2.53. The Hall–Kier alpha value is -1.38. The number of hydrogen-bond acceptors (Lipinski definition) is 3. The predicted octanol–water partition coefficient (Wildman–Crippen LogP) is 0.702. The zero-order valence-electron chi connectivity index (χ0n) is 4.91. The van der Waals surface area contributed by atoms with Gasteiger partial charge in [-0.15, -0.1) is 0 Å². The second-order valence-electron chi connectivity index (χ2n) is 1.57. The van der Waals surface area contributed by atoms with E-state index in [9.17, 15) is 0 Å². The molecule has 3 heteroatoms. The Balaban J connectivity index is 3.07. The molecule has 0 unspecified atom stereocenters. The average Bonchev–Trinajstić information content (AvgIpc) is 1.88. The topological polar surface area (TPSA) is 51.8 Å². The van der Waals surface area contributed by atoms with Gasteiger partial charge in [0.2, 0.25) is 0 Å². The summed E-state index contributed by atoms with van der Waals surface area (Å²) in [5, 5.41) is 0. The van der Waals surface area contributed by atoms with Gasteiger partial charge in [0.25, 0.3) is 0 Å². The van der Waals surface area contributed by atoms with Gasteiger partial charge in [-0.3, -0.25) is 0 Å². The average molecular weight is 121 g/mol. The van der Waals surface area contributed by atoms with Crippen LogP contribution in [0.2, 0.25) is 0 Å². The molecule has 0 aliphatic rings. The monoisotopic (exact) mass is 121 g/mol. The molecular weight excluding hydrogens is 114 g/mol. The standard InChI is InChI=1S/C6H7N3/c1-2-5-3-6(7)9-4-8-5/h2-4H,1H2,(H2,7,8,9). The number of aromatic nitrogens is 2. The summed E-state index contributed by atoms with van der Waals surface area (Å²) in [6.45, 7) is 3.53. The van der Waals surface area contributed by atoms with Crippen molar-refractivity contribution in [3.05, 3.63) is 24.7 Å². The fourth-order valence-electron chi connectivity index (χ4n) is 0.500. The first kappa shape index (κ1) is 5.75. The van der Waals surface area contributed by atoms with Crippen molar-refractivity contribution in [2.45, 2.75) is 0 Å². The first-order valence-electron chi connectivity index (χ1n) is 2.53. The minimum atomic E-state index is 0.472. The van der Waals surface area contributed by atoms with Gasteiger partial charge in [-0.1, -0.05) is 6.58 Å². The molecule has 0 radical (unpaired) electrons. The van der Waals surface area contributed by atoms with Gasteiger partial charge in [0.1, 0.15) is 12.1 Å². The molecule has 0 fully saturated rings. The van der Waals surface area contributed by atoms with Gasteiger partial charge >= 0.3 is 0 Å². The molecule has 0 aliphatic carbocycles. The van der Waals surface area contributed by atoms with E-state index < -0.39 is 0 Å². The smallest absolute Gasteiger partial charge is 0.127 e. The number of rotatable bonds is 1. The van der Waals surface area contributed by atoms with Crippen LogP contribution >= 0.6 is 0 Å². The van der Waals surface area contributed by atoms with Crippen LogP contribution in [-0.4, -0.2) is 9.97 Å². The zero-order chi connectivity index (χ0) is 6.69. The lowest BCUT2D eigenvalue weighted by Crippen LogP contribution is -1.91. The maximum Gasteiger partial charge on any atom is 0.127 e. The second-order valence-corrected chi connectivity index (χ2v) is 1.57. The molecule has 0 saturated heterocycles. The molecule has 3 nitrogen and oxygen atoms in total. The van der Waals surface area contributed by atoms with E-state index in [1.165, 1.54) is 6.33 Å². The lowest BCUT2D eigenvalue weighted by molar-refractivity contribution is 1.16. The van der Waals surface area contributed by atoms with Crippen LogP contribution in [0.1, 0.15) is 5.69 Å². The molecular formula is C6H7N3. The maximum atomic E-state index is 5.34. The highest BCUT2D eigenvalue weighted by Gasteiger charge is 1.86. The Morgan fingerprint density at radius 2 is 2.33 bits per heavy atom. The molecule has 0 atom stereocenters. The zero-order valence-corrected chi connectivity index (χ0v) is 4.91. The summed E-state index contributed by atoms with van der Waals surface area (Å²) >= 11 is 0. The van der Waals surface area contributed by atoms with Crippen molar-refractivity contribution in [2.24, 2.45) is 0 Å². The number of anilines is 1. The minimum Gasteiger partial charge on any atom is -0.384 e. The van der Waals surface area contributed by atoms with Gasteiger partial charge in [0.15, 0.2) is 0 Å². The third kappa shape index (κ3) is 1.25. The van der Waals surface area contributed by atoms with Crippen LogP contribution < -0.4 is 5.73 Å². The van der Waals surface area contributed by atoms with Gasteiger partial charge in [-0.05, 0) is 6.08 Å². The summed E-state index contributed by atoms with van der Waals surface area (Å²) in [5.74, 6) is 0.472. The Kier molecular flexibility index (Phi) is 1.44. The maximum absolute atomic E-state index is 5.34. The molecule has 1 aromatic rings. The molecule has 1 aromatic heterocycles. The van der Waals surface area contributed by atoms with Crippen LogP contribution in [0, 0.1) is 0 Å². The normalized spacial score (nSPS) is 8.89. The van der Waals surface area contributed by atoms with E-state index in [1.807, 2.05) is 0 Å². The highest BCUT2D eigenvalue weighted by Crippen LogP contribution is 1.98. The lowest BCUT2D eigenvalue weighted by atomic mass is 10.4. The highest BCUT2D eigenvalue weighted by atomic mass is 14.9. The quantitative estimate of drug-likeness (QED) is 0.595. The van der Waals surface area contributed by atoms with Crippen LogP contribution in [-0.2, 0) is 0 Å². The fraction of sp³-hybridized carbons (Fsp3) is 0. The van der Waals surface area contributed by atoms with Gasteiger partial charge in [0, 0.05) is 6.07 Å². The third-order valence-electron chi connectivity index (χ3n) is 0.919. The Morgan fingerprint density at radius 3 is 2.78 bits per heavy atom. The molecule has 46 valence electrons. The third-order valence-corrected chi connectivity index (χ3v) is 0.919. The number of nitrogens with zero attached hydrogens (tertiary/aromatic N) is 2. The van der Waals surface area contributed by atoms with Gasteiger partial charge < -0.3 is 5.73 Å². The molecule has 0 spiro atoms. The van der Waals surface area contributed by atoms with Crippen molar-refractivity contribution >= 4 is 11.9 Å². The van der Waals surface area contributed by atoms with E-state index in [4.69, 9.17) is 5.73 Å². The van der Waals surface area contributed by atoms with Gasteiger partial charge in [-0.2, -0.15) is 0 Å². The van der Waals surface area contributed by atoms with Crippen molar-refractivity contribution < 1.29 is 0 Å². The summed E-state index contributed by atoms with van der Waals surface area (Å²) in [6, 6.07) is 1.66. The molecule has 1 heterocycles. The van der Waals surface area contributed by atoms with Crippen molar-refractivity contribution in [3.63, 3.8) is 0 Å². The molecule has 0 saturated carbocycles. The summed E-state index contributed by atoms with van der Waals surface area (Å²) in [5.41, 5.74) is 6.09. The summed E-state index contributed by atoms with van der Waals surface area (Å²) in [7, 11) is 0. The minimum absolute atomic E-state index is 0.472. The van der Waals surface area contributed by atoms with Gasteiger partial charge in [-0.25, -0.2) is 9.97 Å². The van der Waals surface area contributed by atoms with Crippen molar-refractivity contribution in [1.82, 2.24) is 9.97 Å². The second kappa shape index (κ2) is 2.26. The molecule has 1 rings (SSSR count). The van der Waals surface area contributed by atoms with Crippen LogP contribution in [0.4, 0.5) is 5.82 Å². The number of nitrogen functional groups attached to an aromatic ring is 1. The van der Waals surface area contributed by atoms with Crippen LogP contribution in [0.15, 0.2) is 19.0 Å². The molecule has 2 N–H and O–H groups in total. The summed E-state index contributed by atoms with van der Waals surface area (Å²) < 4.78 is 0. The fourth-order valence-corrected chi connectivity index (χ4v) is 0.500. The van der Waals surface area contributed by atoms with Crippen molar-refractivity contribution in [2.75, 3.05) is 5.73 Å².